The lowest BCUT2D eigenvalue weighted by Gasteiger charge is -2.14. The van der Waals surface area contributed by atoms with E-state index in [0.717, 1.165) is 26.2 Å². The van der Waals surface area contributed by atoms with Crippen molar-refractivity contribution in [3.05, 3.63) is 83.4 Å². The standard InChI is InChI=1S/C20H17ClN2S2/c1-14-5-4-6-16(13-14)22-20(24)23-18-7-2-3-8-19(18)25-17-11-9-15(21)10-12-17/h2-13H,1H3,(H2,22,23,24). The van der Waals surface area contributed by atoms with Gasteiger partial charge in [-0.3, -0.25) is 0 Å². The minimum atomic E-state index is 0.565. The van der Waals surface area contributed by atoms with Crippen LogP contribution in [0.4, 0.5) is 11.4 Å². The van der Waals surface area contributed by atoms with Crippen molar-refractivity contribution < 1.29 is 0 Å². The summed E-state index contributed by atoms with van der Waals surface area (Å²) in [5, 5.41) is 7.81. The predicted octanol–water partition coefficient (Wildman–Crippen LogP) is 6.61. The smallest absolute Gasteiger partial charge is 0.175 e. The van der Waals surface area contributed by atoms with E-state index in [-0.39, 0.29) is 0 Å². The summed E-state index contributed by atoms with van der Waals surface area (Å²) < 4.78 is 0. The summed E-state index contributed by atoms with van der Waals surface area (Å²) >= 11 is 13.1. The van der Waals surface area contributed by atoms with E-state index in [0.29, 0.717) is 5.11 Å². The van der Waals surface area contributed by atoms with E-state index in [4.69, 9.17) is 23.8 Å². The molecule has 126 valence electrons. The topological polar surface area (TPSA) is 24.1 Å². The highest BCUT2D eigenvalue weighted by atomic mass is 35.5. The molecule has 0 atom stereocenters. The summed E-state index contributed by atoms with van der Waals surface area (Å²) in [6.07, 6.45) is 0. The Labute approximate surface area is 162 Å². The number of thiocarbonyl (C=S) groups is 1. The molecule has 2 nitrogen and oxygen atoms in total. The minimum Gasteiger partial charge on any atom is -0.332 e. The second-order valence-electron chi connectivity index (χ2n) is 5.50. The molecule has 0 saturated carbocycles. The van der Waals surface area contributed by atoms with E-state index in [9.17, 15) is 0 Å². The highest BCUT2D eigenvalue weighted by Gasteiger charge is 2.06. The first-order valence-corrected chi connectivity index (χ1v) is 9.37. The van der Waals surface area contributed by atoms with Crippen LogP contribution in [0.3, 0.4) is 0 Å². The van der Waals surface area contributed by atoms with Crippen LogP contribution in [0, 0.1) is 6.92 Å². The van der Waals surface area contributed by atoms with Crippen molar-refractivity contribution in [2.75, 3.05) is 10.6 Å². The Balaban J connectivity index is 1.72. The van der Waals surface area contributed by atoms with E-state index in [1.807, 2.05) is 54.6 Å². The second-order valence-corrected chi connectivity index (χ2v) is 7.46. The maximum atomic E-state index is 5.96. The second kappa shape index (κ2) is 8.39. The van der Waals surface area contributed by atoms with Crippen LogP contribution in [-0.2, 0) is 0 Å². The number of benzene rings is 3. The molecule has 0 saturated heterocycles. The van der Waals surface area contributed by atoms with Gasteiger partial charge in [0, 0.05) is 20.5 Å². The molecule has 0 aromatic heterocycles. The van der Waals surface area contributed by atoms with Crippen LogP contribution in [0.2, 0.25) is 5.02 Å². The van der Waals surface area contributed by atoms with Crippen LogP contribution in [0.5, 0.6) is 0 Å². The zero-order valence-corrected chi connectivity index (χ0v) is 16.0. The lowest BCUT2D eigenvalue weighted by molar-refractivity contribution is 1.40. The molecule has 3 aromatic carbocycles. The Kier molecular flexibility index (Phi) is 5.97. The number of hydrogen-bond donors (Lipinski definition) is 2. The quantitative estimate of drug-likeness (QED) is 0.494. The van der Waals surface area contributed by atoms with Crippen molar-refractivity contribution in [3.8, 4) is 0 Å². The molecule has 3 aromatic rings. The first kappa shape index (κ1) is 17.8. The lowest BCUT2D eigenvalue weighted by atomic mass is 10.2. The molecule has 5 heteroatoms. The van der Waals surface area contributed by atoms with Gasteiger partial charge in [0.25, 0.3) is 0 Å². The maximum absolute atomic E-state index is 5.96. The molecule has 0 heterocycles. The highest BCUT2D eigenvalue weighted by molar-refractivity contribution is 7.99. The fourth-order valence-electron chi connectivity index (χ4n) is 2.30. The number of para-hydroxylation sites is 1. The Bertz CT molecular complexity index is 879. The van der Waals surface area contributed by atoms with Crippen molar-refractivity contribution >= 4 is 52.1 Å². The van der Waals surface area contributed by atoms with E-state index in [1.54, 1.807) is 11.8 Å². The molecule has 25 heavy (non-hydrogen) atoms. The number of rotatable bonds is 4. The summed E-state index contributed by atoms with van der Waals surface area (Å²) in [4.78, 5) is 2.22. The van der Waals surface area contributed by atoms with Gasteiger partial charge in [-0.15, -0.1) is 0 Å². The van der Waals surface area contributed by atoms with Crippen molar-refractivity contribution in [2.45, 2.75) is 16.7 Å². The van der Waals surface area contributed by atoms with Gasteiger partial charge in [-0.1, -0.05) is 47.6 Å². The minimum absolute atomic E-state index is 0.565. The third kappa shape index (κ3) is 5.23. The van der Waals surface area contributed by atoms with Crippen LogP contribution < -0.4 is 10.6 Å². The Hall–Kier alpha value is -2.01. The molecule has 3 rings (SSSR count). The zero-order valence-electron chi connectivity index (χ0n) is 13.6. The fraction of sp³-hybridized carbons (Fsp3) is 0.0500. The maximum Gasteiger partial charge on any atom is 0.175 e. The summed E-state index contributed by atoms with van der Waals surface area (Å²) in [5.74, 6) is 0. The van der Waals surface area contributed by atoms with Crippen LogP contribution in [0.1, 0.15) is 5.56 Å². The molecule has 2 N–H and O–H groups in total. The zero-order chi connectivity index (χ0) is 17.6. The van der Waals surface area contributed by atoms with Crippen LogP contribution in [-0.4, -0.2) is 5.11 Å². The SMILES string of the molecule is Cc1cccc(NC(=S)Nc2ccccc2Sc2ccc(Cl)cc2)c1. The average molecular weight is 385 g/mol. The fourth-order valence-corrected chi connectivity index (χ4v) is 3.55. The van der Waals surface area contributed by atoms with Gasteiger partial charge >= 0.3 is 0 Å². The summed E-state index contributed by atoms with van der Waals surface area (Å²) in [5.41, 5.74) is 3.12. The molecule has 0 fully saturated rings. The summed E-state index contributed by atoms with van der Waals surface area (Å²) in [7, 11) is 0. The molecule has 0 amide bonds. The van der Waals surface area contributed by atoms with Gasteiger partial charge in [-0.2, -0.15) is 0 Å². The van der Waals surface area contributed by atoms with Gasteiger partial charge in [-0.05, 0) is 73.2 Å². The normalized spacial score (nSPS) is 10.3. The number of anilines is 2. The average Bonchev–Trinajstić information content (AvgIpc) is 2.58. The number of aryl methyl sites for hydroxylation is 1. The first-order chi connectivity index (χ1) is 12.1. The van der Waals surface area contributed by atoms with E-state index in [2.05, 4.69) is 35.8 Å². The molecule has 0 unspecified atom stereocenters. The largest absolute Gasteiger partial charge is 0.332 e. The van der Waals surface area contributed by atoms with Gasteiger partial charge < -0.3 is 10.6 Å². The van der Waals surface area contributed by atoms with Gasteiger partial charge in [0.05, 0.1) is 5.69 Å². The Morgan fingerprint density at radius 3 is 2.44 bits per heavy atom. The highest BCUT2D eigenvalue weighted by Crippen LogP contribution is 2.34. The van der Waals surface area contributed by atoms with Crippen LogP contribution in [0.15, 0.2) is 82.6 Å². The van der Waals surface area contributed by atoms with Crippen molar-refractivity contribution in [3.63, 3.8) is 0 Å². The van der Waals surface area contributed by atoms with Crippen LogP contribution in [0.25, 0.3) is 0 Å². The third-order valence-corrected chi connectivity index (χ3v) is 4.99. The van der Waals surface area contributed by atoms with Gasteiger partial charge in [0.15, 0.2) is 5.11 Å². The van der Waals surface area contributed by atoms with Crippen molar-refractivity contribution in [1.29, 1.82) is 0 Å². The molecular weight excluding hydrogens is 368 g/mol. The Morgan fingerprint density at radius 2 is 1.68 bits per heavy atom. The predicted molar refractivity (Wildman–Crippen MR) is 113 cm³/mol. The monoisotopic (exact) mass is 384 g/mol. The number of nitrogens with one attached hydrogen (secondary N) is 2. The molecule has 0 spiro atoms. The molecule has 0 radical (unpaired) electrons. The van der Waals surface area contributed by atoms with Crippen molar-refractivity contribution in [2.24, 2.45) is 0 Å². The molecule has 0 aliphatic carbocycles. The van der Waals surface area contributed by atoms with E-state index in [1.165, 1.54) is 5.56 Å². The number of halogens is 1. The summed E-state index contributed by atoms with van der Waals surface area (Å²) in [6, 6.07) is 24.0. The van der Waals surface area contributed by atoms with E-state index >= 15 is 0 Å². The first-order valence-electron chi connectivity index (χ1n) is 7.77. The molecule has 0 aliphatic heterocycles. The van der Waals surface area contributed by atoms with Gasteiger partial charge in [0.1, 0.15) is 0 Å². The van der Waals surface area contributed by atoms with Crippen molar-refractivity contribution in [1.82, 2.24) is 0 Å². The van der Waals surface area contributed by atoms with Crippen LogP contribution >= 0.6 is 35.6 Å². The van der Waals surface area contributed by atoms with E-state index < -0.39 is 0 Å². The molecule has 0 bridgehead atoms. The third-order valence-electron chi connectivity index (χ3n) is 3.45. The summed E-state index contributed by atoms with van der Waals surface area (Å²) in [6.45, 7) is 2.06. The molecular formula is C20H17ClN2S2. The Morgan fingerprint density at radius 1 is 0.920 bits per heavy atom. The number of hydrogen-bond acceptors (Lipinski definition) is 2. The lowest BCUT2D eigenvalue weighted by Crippen LogP contribution is -2.19. The van der Waals surface area contributed by atoms with Gasteiger partial charge in [-0.25, -0.2) is 0 Å². The van der Waals surface area contributed by atoms with Gasteiger partial charge in [0.2, 0.25) is 0 Å². The molecule has 0 aliphatic rings.